The smallest absolute Gasteiger partial charge is 0.419 e. The molecule has 0 radical (unpaired) electrons. The first kappa shape index (κ1) is 24.1. The molecule has 3 aromatic rings. The molecule has 0 unspecified atom stereocenters. The molecular weight excluding hydrogens is 478 g/mol. The number of hydrogen-bond acceptors (Lipinski definition) is 6. The number of aromatic nitrogens is 1. The van der Waals surface area contributed by atoms with Gasteiger partial charge in [-0.05, 0) is 57.9 Å². The van der Waals surface area contributed by atoms with Gasteiger partial charge in [-0.1, -0.05) is 42.8 Å². The van der Waals surface area contributed by atoms with Crippen LogP contribution >= 0.6 is 0 Å². The molecule has 0 saturated carbocycles. The highest BCUT2D eigenvalue weighted by Crippen LogP contribution is 2.46. The Balaban J connectivity index is 1.70. The van der Waals surface area contributed by atoms with Gasteiger partial charge in [0.1, 0.15) is 5.60 Å². The summed E-state index contributed by atoms with van der Waals surface area (Å²) in [6.07, 6.45) is 2.85. The van der Waals surface area contributed by atoms with E-state index in [4.69, 9.17) is 4.74 Å². The third-order valence-corrected chi connectivity index (χ3v) is 8.21. The Morgan fingerprint density at radius 2 is 1.72 bits per heavy atom. The summed E-state index contributed by atoms with van der Waals surface area (Å²) in [6.45, 7) is 9.16. The second-order valence-corrected chi connectivity index (χ2v) is 12.2. The fraction of sp³-hybridized carbons (Fsp3) is 0.333. The number of hydrazine groups is 1. The summed E-state index contributed by atoms with van der Waals surface area (Å²) < 4.78 is 35.5. The molecule has 188 valence electrons. The Morgan fingerprint density at radius 1 is 1.06 bits per heavy atom. The van der Waals surface area contributed by atoms with Crippen LogP contribution in [-0.2, 0) is 19.6 Å². The molecular formula is C27H29N3O5S. The van der Waals surface area contributed by atoms with Crippen molar-refractivity contribution in [1.82, 2.24) is 14.0 Å². The van der Waals surface area contributed by atoms with E-state index < -0.39 is 33.7 Å². The highest BCUT2D eigenvalue weighted by molar-refractivity contribution is 7.89. The molecule has 2 aromatic carbocycles. The molecule has 8 nitrogen and oxygen atoms in total. The van der Waals surface area contributed by atoms with Crippen LogP contribution in [0.25, 0.3) is 17.0 Å². The van der Waals surface area contributed by atoms with Crippen LogP contribution in [0.1, 0.15) is 57.0 Å². The third kappa shape index (κ3) is 3.78. The van der Waals surface area contributed by atoms with Gasteiger partial charge in [0.25, 0.3) is 15.9 Å². The van der Waals surface area contributed by atoms with Gasteiger partial charge in [-0.2, -0.15) is 8.42 Å². The Labute approximate surface area is 210 Å². The van der Waals surface area contributed by atoms with Crippen molar-refractivity contribution in [2.75, 3.05) is 0 Å². The first-order valence-corrected chi connectivity index (χ1v) is 13.3. The zero-order valence-electron chi connectivity index (χ0n) is 20.9. The van der Waals surface area contributed by atoms with Crippen molar-refractivity contribution < 1.29 is 22.7 Å². The zero-order valence-corrected chi connectivity index (χ0v) is 21.7. The van der Waals surface area contributed by atoms with Crippen LogP contribution in [-0.4, -0.2) is 40.0 Å². The first-order chi connectivity index (χ1) is 16.9. The van der Waals surface area contributed by atoms with Crippen LogP contribution in [0.4, 0.5) is 4.79 Å². The number of ether oxygens (including phenoxy) is 1. The van der Waals surface area contributed by atoms with Gasteiger partial charge in [0.05, 0.1) is 22.1 Å². The SMILES string of the molecule is Cc1ccc(S(=O)(=O)N2C(=O)C[C@H](C)[C@@H]3c4c(c5ccccc5n4C(=O)OC(C)(C)C)C=CN32)cc1. The number of benzene rings is 2. The fourth-order valence-corrected chi connectivity index (χ4v) is 6.42. The number of hydrogen-bond donors (Lipinski definition) is 0. The average molecular weight is 508 g/mol. The minimum atomic E-state index is -4.18. The van der Waals surface area contributed by atoms with Gasteiger partial charge in [-0.3, -0.25) is 9.80 Å². The molecule has 0 N–H and O–H groups in total. The van der Waals surface area contributed by atoms with Crippen molar-refractivity contribution in [3.63, 3.8) is 0 Å². The van der Waals surface area contributed by atoms with Gasteiger partial charge in [0.15, 0.2) is 0 Å². The maximum atomic E-state index is 13.7. The summed E-state index contributed by atoms with van der Waals surface area (Å²) in [6, 6.07) is 13.3. The molecule has 2 aliphatic rings. The van der Waals surface area contributed by atoms with Gasteiger partial charge in [-0.25, -0.2) is 9.36 Å². The number of para-hydroxylation sites is 1. The van der Waals surface area contributed by atoms with Crippen molar-refractivity contribution in [1.29, 1.82) is 0 Å². The average Bonchev–Trinajstić information content (AvgIpc) is 3.12. The summed E-state index contributed by atoms with van der Waals surface area (Å²) in [4.78, 5) is 26.7. The number of aryl methyl sites for hydroxylation is 1. The van der Waals surface area contributed by atoms with E-state index in [1.807, 2.05) is 38.1 Å². The standard InChI is InChI=1S/C27H29N3O5S/c1-17-10-12-19(13-11-17)36(33,34)30-23(31)16-18(2)24-25-21(14-15-28(24)30)20-8-6-7-9-22(20)29(25)26(32)35-27(3,4)5/h6-15,18,24H,16H2,1-5H3/t18-,24+/m0/s1. The Bertz CT molecular complexity index is 1510. The van der Waals surface area contributed by atoms with E-state index in [2.05, 4.69) is 0 Å². The molecule has 36 heavy (non-hydrogen) atoms. The second-order valence-electron chi connectivity index (χ2n) is 10.4. The summed E-state index contributed by atoms with van der Waals surface area (Å²) in [5, 5.41) is 2.31. The monoisotopic (exact) mass is 507 g/mol. The molecule has 5 rings (SSSR count). The summed E-state index contributed by atoms with van der Waals surface area (Å²) in [5.41, 5.74) is 2.27. The Kier molecular flexibility index (Phi) is 5.51. The minimum absolute atomic E-state index is 0.00931. The molecule has 3 heterocycles. The minimum Gasteiger partial charge on any atom is -0.443 e. The Hall–Kier alpha value is -3.59. The topological polar surface area (TPSA) is 88.9 Å². The zero-order chi connectivity index (χ0) is 26.0. The van der Waals surface area contributed by atoms with Crippen molar-refractivity contribution in [3.05, 3.63) is 71.6 Å². The summed E-state index contributed by atoms with van der Waals surface area (Å²) in [5.74, 6) is -0.788. The highest BCUT2D eigenvalue weighted by atomic mass is 32.2. The van der Waals surface area contributed by atoms with E-state index in [1.54, 1.807) is 45.2 Å². The largest absolute Gasteiger partial charge is 0.443 e. The number of nitrogens with zero attached hydrogens (tertiary/aromatic N) is 3. The van der Waals surface area contributed by atoms with Crippen LogP contribution in [0.3, 0.4) is 0 Å². The number of amides is 1. The molecule has 1 aromatic heterocycles. The lowest BCUT2D eigenvalue weighted by Gasteiger charge is -2.47. The van der Waals surface area contributed by atoms with Gasteiger partial charge < -0.3 is 4.74 Å². The quantitative estimate of drug-likeness (QED) is 0.472. The summed E-state index contributed by atoms with van der Waals surface area (Å²) in [7, 11) is -4.18. The molecule has 2 aliphatic heterocycles. The van der Waals surface area contributed by atoms with Crippen molar-refractivity contribution in [2.45, 2.75) is 57.6 Å². The predicted octanol–water partition coefficient (Wildman–Crippen LogP) is 5.23. The highest BCUT2D eigenvalue weighted by Gasteiger charge is 2.48. The summed E-state index contributed by atoms with van der Waals surface area (Å²) >= 11 is 0. The lowest BCUT2D eigenvalue weighted by atomic mass is 9.89. The Morgan fingerprint density at radius 3 is 2.39 bits per heavy atom. The fourth-order valence-electron chi connectivity index (χ4n) is 4.99. The lowest BCUT2D eigenvalue weighted by molar-refractivity contribution is -0.146. The van der Waals surface area contributed by atoms with Crippen LogP contribution < -0.4 is 0 Å². The van der Waals surface area contributed by atoms with Gasteiger partial charge in [0, 0.05) is 23.6 Å². The normalized spacial score (nSPS) is 19.9. The van der Waals surface area contributed by atoms with E-state index >= 15 is 0 Å². The third-order valence-electron chi connectivity index (χ3n) is 6.49. The van der Waals surface area contributed by atoms with E-state index in [1.165, 1.54) is 21.7 Å². The first-order valence-electron chi connectivity index (χ1n) is 11.9. The number of carbonyl (C=O) groups is 2. The molecule has 0 aliphatic carbocycles. The molecule has 9 heteroatoms. The van der Waals surface area contributed by atoms with E-state index in [9.17, 15) is 18.0 Å². The van der Waals surface area contributed by atoms with Gasteiger partial charge >= 0.3 is 6.09 Å². The van der Waals surface area contributed by atoms with Crippen molar-refractivity contribution >= 4 is 39.0 Å². The number of carbonyl (C=O) groups excluding carboxylic acids is 2. The van der Waals surface area contributed by atoms with Crippen molar-refractivity contribution in [3.8, 4) is 0 Å². The maximum absolute atomic E-state index is 13.7. The lowest BCUT2D eigenvalue weighted by Crippen LogP contribution is -2.55. The van der Waals surface area contributed by atoms with Crippen LogP contribution in [0.2, 0.25) is 0 Å². The second kappa shape index (κ2) is 8.23. The number of fused-ring (bicyclic) bond motifs is 5. The van der Waals surface area contributed by atoms with Crippen LogP contribution in [0.5, 0.6) is 0 Å². The van der Waals surface area contributed by atoms with E-state index in [0.717, 1.165) is 20.9 Å². The maximum Gasteiger partial charge on any atom is 0.419 e. The molecule has 1 amide bonds. The van der Waals surface area contributed by atoms with Gasteiger partial charge in [0.2, 0.25) is 0 Å². The predicted molar refractivity (Wildman–Crippen MR) is 136 cm³/mol. The molecule has 0 bridgehead atoms. The van der Waals surface area contributed by atoms with Crippen LogP contribution in [0, 0.1) is 12.8 Å². The van der Waals surface area contributed by atoms with Gasteiger partial charge in [-0.15, -0.1) is 4.41 Å². The van der Waals surface area contributed by atoms with Crippen molar-refractivity contribution in [2.24, 2.45) is 5.92 Å². The van der Waals surface area contributed by atoms with Crippen LogP contribution in [0.15, 0.2) is 59.6 Å². The molecule has 1 saturated heterocycles. The molecule has 2 atom stereocenters. The molecule has 1 fully saturated rings. The van der Waals surface area contributed by atoms with E-state index in [-0.39, 0.29) is 17.2 Å². The molecule has 0 spiro atoms. The number of sulfonamides is 1. The van der Waals surface area contributed by atoms with E-state index in [0.29, 0.717) is 11.2 Å². The number of rotatable bonds is 2.